The van der Waals surface area contributed by atoms with E-state index in [0.717, 1.165) is 76.0 Å². The van der Waals surface area contributed by atoms with Gasteiger partial charge in [-0.2, -0.15) is 0 Å². The summed E-state index contributed by atoms with van der Waals surface area (Å²) in [5.41, 5.74) is 35.0. The molecule has 482 valence electrons. The van der Waals surface area contributed by atoms with Gasteiger partial charge in [0.1, 0.15) is 34.0 Å². The number of hydrogen-bond donors (Lipinski definition) is 0. The Kier molecular flexibility index (Phi) is 11.3. The Hall–Kier alpha value is -12.3. The maximum absolute atomic E-state index is 7.25. The first kappa shape index (κ1) is 57.5. The second-order valence-corrected chi connectivity index (χ2v) is 31.0. The van der Waals surface area contributed by atoms with Crippen LogP contribution in [0.4, 0.5) is 0 Å². The maximum Gasteiger partial charge on any atom is 0.128 e. The van der Waals surface area contributed by atoms with Gasteiger partial charge < -0.3 is 9.47 Å². The van der Waals surface area contributed by atoms with Crippen LogP contribution < -0.4 is 9.47 Å². The van der Waals surface area contributed by atoms with Crippen molar-refractivity contribution in [1.29, 1.82) is 0 Å². The molecule has 2 aromatic heterocycles. The van der Waals surface area contributed by atoms with Crippen molar-refractivity contribution >= 4 is 54.9 Å². The highest BCUT2D eigenvalue weighted by atomic mass is 32.1. The van der Waals surface area contributed by atoms with Crippen LogP contribution in [0.3, 0.4) is 0 Å². The van der Waals surface area contributed by atoms with Gasteiger partial charge in [0.25, 0.3) is 0 Å². The molecule has 2 spiro atoms. The first-order valence-corrected chi connectivity index (χ1v) is 36.7. The van der Waals surface area contributed by atoms with Crippen LogP contribution in [0, 0.1) is 0 Å². The molecule has 5 heteroatoms. The number of rotatable bonds is 6. The van der Waals surface area contributed by atoms with Gasteiger partial charge in [0, 0.05) is 32.7 Å². The number of thiophene rings is 1. The maximum atomic E-state index is 7.25. The molecule has 0 amide bonds. The zero-order valence-electron chi connectivity index (χ0n) is 57.0. The van der Waals surface area contributed by atoms with Crippen LogP contribution in [-0.2, 0) is 21.7 Å². The minimum Gasteiger partial charge on any atom is -0.457 e. The third-order valence-electron chi connectivity index (χ3n) is 24.4. The Bertz CT molecular complexity index is 6230. The smallest absolute Gasteiger partial charge is 0.128 e. The molecule has 17 aromatic rings. The molecule has 6 aliphatic rings. The molecule has 15 aromatic carbocycles. The Balaban J connectivity index is 0.743. The second kappa shape index (κ2) is 20.3. The van der Waals surface area contributed by atoms with Crippen molar-refractivity contribution < 1.29 is 9.47 Å². The summed E-state index contributed by atoms with van der Waals surface area (Å²) in [5, 5.41) is 3.99. The molecule has 23 rings (SSSR count). The molecule has 0 saturated heterocycles. The quantitative estimate of drug-likeness (QED) is 0.156. The standard InChI is InChI=1S/C98H62N2O2S/c1-95(2)75-33-13-11-29-67(75)87-69(31-21-41-85(87)95)93-91-92(94(103-93)70-32-22-42-86-88(70)68-30-12-14-34-76(68)96(86,3)4)100-90-74-54-56(102-58-46-50-84-72(52-58)66-28-10-20-40-82(66)98(84)79-37-17-7-25-63(79)64-26-8-18-38-80(64)98)44-48-60(74)59-47-43-55(53-73(59)89(90)99-91)101-57-45-49-83-71(51-57)65-27-9-19-39-81(65)97(83)77-35-15-5-23-61(77)62-24-6-16-36-78(62)97/h5-54H,1-4H3. The van der Waals surface area contributed by atoms with Crippen molar-refractivity contribution in [3.05, 3.63) is 370 Å². The second-order valence-electron chi connectivity index (χ2n) is 30.0. The van der Waals surface area contributed by atoms with E-state index in [1.807, 2.05) is 11.3 Å². The van der Waals surface area contributed by atoms with Gasteiger partial charge in [-0.15, -0.1) is 11.3 Å². The SMILES string of the molecule is CC1(C)c2ccccc2-c2c(-c3sc(-c4cccc5c4-c4ccccc4C5(C)C)c4nc5c6cc(Oc7ccc8c(c7)-c7ccccc7C87c8ccccc8-c8ccccc87)ccc6c6ccc(Oc7ccc8c(c7)-c7ccccc7C87c8ccccc8-c8ccccc87)cc6c5nc34)cccc21. The number of benzene rings is 15. The summed E-state index contributed by atoms with van der Waals surface area (Å²) in [6.45, 7) is 9.47. The van der Waals surface area contributed by atoms with Gasteiger partial charge in [0.05, 0.1) is 31.6 Å². The van der Waals surface area contributed by atoms with Crippen LogP contribution in [0.5, 0.6) is 23.0 Å². The topological polar surface area (TPSA) is 44.2 Å². The molecule has 0 N–H and O–H groups in total. The fourth-order valence-corrected chi connectivity index (χ4v) is 21.4. The van der Waals surface area contributed by atoms with Crippen LogP contribution in [0.25, 0.3) is 131 Å². The van der Waals surface area contributed by atoms with E-state index < -0.39 is 10.8 Å². The largest absolute Gasteiger partial charge is 0.457 e. The van der Waals surface area contributed by atoms with Gasteiger partial charge >= 0.3 is 0 Å². The van der Waals surface area contributed by atoms with E-state index in [1.54, 1.807) is 0 Å². The number of hydrogen-bond acceptors (Lipinski definition) is 5. The summed E-state index contributed by atoms with van der Waals surface area (Å²) < 4.78 is 14.5. The molecule has 4 nitrogen and oxygen atoms in total. The molecule has 0 fully saturated rings. The lowest BCUT2D eigenvalue weighted by atomic mass is 9.70. The fourth-order valence-electron chi connectivity index (χ4n) is 20.2. The zero-order chi connectivity index (χ0) is 68.0. The minimum atomic E-state index is -0.455. The molecule has 2 heterocycles. The highest BCUT2D eigenvalue weighted by Crippen LogP contribution is 2.66. The minimum absolute atomic E-state index is 0.213. The van der Waals surface area contributed by atoms with Crippen molar-refractivity contribution in [3.63, 3.8) is 0 Å². The lowest BCUT2D eigenvalue weighted by Gasteiger charge is -2.30. The van der Waals surface area contributed by atoms with Gasteiger partial charge in [-0.1, -0.05) is 270 Å². The average molecular weight is 1330 g/mol. The van der Waals surface area contributed by atoms with Gasteiger partial charge in [0.15, 0.2) is 0 Å². The lowest BCUT2D eigenvalue weighted by Crippen LogP contribution is -2.25. The molecular formula is C98H62N2O2S. The number of aromatic nitrogens is 2. The highest BCUT2D eigenvalue weighted by Gasteiger charge is 2.53. The third kappa shape index (κ3) is 7.29. The zero-order valence-corrected chi connectivity index (χ0v) is 57.8. The van der Waals surface area contributed by atoms with Crippen molar-refractivity contribution in [2.45, 2.75) is 49.4 Å². The van der Waals surface area contributed by atoms with Crippen molar-refractivity contribution in [1.82, 2.24) is 9.97 Å². The number of ether oxygens (including phenoxy) is 2. The average Bonchev–Trinajstić information content (AvgIpc) is 1.53. The van der Waals surface area contributed by atoms with E-state index in [4.69, 9.17) is 19.4 Å². The Morgan fingerprint density at radius 3 is 0.854 bits per heavy atom. The van der Waals surface area contributed by atoms with E-state index in [2.05, 4.69) is 331 Å². The Morgan fingerprint density at radius 1 is 0.223 bits per heavy atom. The molecule has 0 unspecified atom stereocenters. The summed E-state index contributed by atoms with van der Waals surface area (Å²) in [7, 11) is 0. The fraction of sp³-hybridized carbons (Fsp3) is 0.0816. The Morgan fingerprint density at radius 2 is 0.495 bits per heavy atom. The van der Waals surface area contributed by atoms with Crippen LogP contribution in [-0.4, -0.2) is 9.97 Å². The molecule has 6 aliphatic carbocycles. The van der Waals surface area contributed by atoms with E-state index >= 15 is 0 Å². The first-order chi connectivity index (χ1) is 50.6. The van der Waals surface area contributed by atoms with Crippen LogP contribution in [0.2, 0.25) is 0 Å². The highest BCUT2D eigenvalue weighted by molar-refractivity contribution is 7.21. The van der Waals surface area contributed by atoms with Gasteiger partial charge in [0.2, 0.25) is 0 Å². The van der Waals surface area contributed by atoms with Crippen molar-refractivity contribution in [2.75, 3.05) is 0 Å². The lowest BCUT2D eigenvalue weighted by molar-refractivity contribution is 0.483. The monoisotopic (exact) mass is 1330 g/mol. The Labute approximate surface area is 600 Å². The van der Waals surface area contributed by atoms with E-state index in [0.29, 0.717) is 11.5 Å². The molecule has 0 radical (unpaired) electrons. The molecule has 0 saturated carbocycles. The van der Waals surface area contributed by atoms with Crippen LogP contribution in [0.1, 0.15) is 94.5 Å². The summed E-state index contributed by atoms with van der Waals surface area (Å²) in [6.07, 6.45) is 0. The first-order valence-electron chi connectivity index (χ1n) is 35.9. The van der Waals surface area contributed by atoms with E-state index in [1.165, 1.54) is 134 Å². The number of fused-ring (bicyclic) bond motifs is 33. The van der Waals surface area contributed by atoms with E-state index in [9.17, 15) is 0 Å². The summed E-state index contributed by atoms with van der Waals surface area (Å²) in [6, 6.07) is 112. The van der Waals surface area contributed by atoms with Gasteiger partial charge in [-0.05, 0) is 205 Å². The molecule has 0 bridgehead atoms. The van der Waals surface area contributed by atoms with Crippen molar-refractivity contribution in [2.24, 2.45) is 0 Å². The van der Waals surface area contributed by atoms with Crippen molar-refractivity contribution in [3.8, 4) is 111 Å². The molecular weight excluding hydrogens is 1270 g/mol. The number of nitrogens with zero attached hydrogens (tertiary/aromatic N) is 2. The normalized spacial score (nSPS) is 15.1. The molecule has 0 atom stereocenters. The predicted molar refractivity (Wildman–Crippen MR) is 422 cm³/mol. The van der Waals surface area contributed by atoms with E-state index in [-0.39, 0.29) is 10.8 Å². The summed E-state index contributed by atoms with van der Waals surface area (Å²) in [5.74, 6) is 2.95. The van der Waals surface area contributed by atoms with Gasteiger partial charge in [-0.25, -0.2) is 9.97 Å². The predicted octanol–water partition coefficient (Wildman–Crippen LogP) is 25.4. The molecule has 0 aliphatic heterocycles. The van der Waals surface area contributed by atoms with Gasteiger partial charge in [-0.3, -0.25) is 0 Å². The summed E-state index contributed by atoms with van der Waals surface area (Å²) >= 11 is 1.83. The van der Waals surface area contributed by atoms with Crippen LogP contribution >= 0.6 is 11.3 Å². The van der Waals surface area contributed by atoms with Crippen LogP contribution in [0.15, 0.2) is 303 Å². The molecule has 103 heavy (non-hydrogen) atoms. The summed E-state index contributed by atoms with van der Waals surface area (Å²) in [4.78, 5) is 14.5. The third-order valence-corrected chi connectivity index (χ3v) is 25.7.